The third-order valence-corrected chi connectivity index (χ3v) is 7.96. The molecule has 50 heavy (non-hydrogen) atoms. The average molecular weight is 697 g/mol. The second-order valence-corrected chi connectivity index (χ2v) is 11.6. The van der Waals surface area contributed by atoms with Crippen LogP contribution in [-0.2, 0) is 51.1 Å². The fourth-order valence-corrected chi connectivity index (χ4v) is 5.48. The second-order valence-electron chi connectivity index (χ2n) is 11.6. The summed E-state index contributed by atoms with van der Waals surface area (Å²) in [6.07, 6.45) is 1.86. The molecule has 14 heteroatoms. The van der Waals surface area contributed by atoms with Gasteiger partial charge >= 0.3 is 0 Å². The predicted octanol–water partition coefficient (Wildman–Crippen LogP) is 2.82. The Kier molecular flexibility index (Phi) is 17.8. The molecule has 0 aliphatic carbocycles. The molecule has 3 aromatic rings. The van der Waals surface area contributed by atoms with Crippen LogP contribution in [-0.4, -0.2) is 120 Å². The molecule has 2 heterocycles. The monoisotopic (exact) mass is 696 g/mol. The number of para-hydroxylation sites is 1. The largest absolute Gasteiger partial charge is 0.382 e. The number of unbranched alkanes of at least 4 members (excludes halogenated alkanes) is 1. The second kappa shape index (κ2) is 22.9. The lowest BCUT2D eigenvalue weighted by Gasteiger charge is -2.28. The summed E-state index contributed by atoms with van der Waals surface area (Å²) < 4.78 is 34.3. The zero-order chi connectivity index (χ0) is 35.2. The number of carbonyl (C=O) groups excluding carboxylic acids is 2. The third kappa shape index (κ3) is 12.5. The molecule has 1 aromatic heterocycles. The lowest BCUT2D eigenvalue weighted by molar-refractivity contribution is -0.122. The average Bonchev–Trinajstić information content (AvgIpc) is 3.54. The molecule has 0 saturated heterocycles. The minimum Gasteiger partial charge on any atom is -0.382 e. The molecule has 14 nitrogen and oxygen atoms in total. The lowest BCUT2D eigenvalue weighted by Crippen LogP contribution is -2.32. The highest BCUT2D eigenvalue weighted by Gasteiger charge is 2.28. The zero-order valence-corrected chi connectivity index (χ0v) is 29.2. The van der Waals surface area contributed by atoms with Crippen molar-refractivity contribution in [3.8, 4) is 22.5 Å². The van der Waals surface area contributed by atoms with Crippen LogP contribution in [0.25, 0.3) is 22.5 Å². The maximum absolute atomic E-state index is 13.8. The van der Waals surface area contributed by atoms with Crippen molar-refractivity contribution in [2.75, 3.05) is 97.8 Å². The number of carbonyl (C=O) groups is 2. The number of amides is 2. The Morgan fingerprint density at radius 2 is 1.38 bits per heavy atom. The number of aromatic nitrogens is 3. The van der Waals surface area contributed by atoms with Crippen molar-refractivity contribution in [2.24, 2.45) is 5.73 Å². The highest BCUT2D eigenvalue weighted by molar-refractivity contribution is 6.00. The Labute approximate surface area is 294 Å². The number of rotatable bonds is 25. The molecule has 4 rings (SSSR count). The summed E-state index contributed by atoms with van der Waals surface area (Å²) in [5.41, 5.74) is 10.6. The molecule has 1 aliphatic rings. The Morgan fingerprint density at radius 3 is 2.12 bits per heavy atom. The van der Waals surface area contributed by atoms with Crippen LogP contribution in [0.1, 0.15) is 31.2 Å². The van der Waals surface area contributed by atoms with Crippen molar-refractivity contribution in [3.63, 3.8) is 0 Å². The zero-order valence-electron chi connectivity index (χ0n) is 29.2. The maximum Gasteiger partial charge on any atom is 0.227 e. The van der Waals surface area contributed by atoms with Gasteiger partial charge in [0, 0.05) is 44.2 Å². The number of benzene rings is 2. The van der Waals surface area contributed by atoms with Crippen molar-refractivity contribution < 1.29 is 38.0 Å². The number of nitrogens with one attached hydrogen (secondary N) is 1. The fraction of sp³-hybridized carbons (Fsp3) is 0.556. The molecule has 0 saturated carbocycles. The van der Waals surface area contributed by atoms with Gasteiger partial charge in [-0.15, -0.1) is 5.10 Å². The van der Waals surface area contributed by atoms with Gasteiger partial charge in [0.25, 0.3) is 0 Å². The topological polar surface area (TPSA) is 162 Å². The van der Waals surface area contributed by atoms with Crippen molar-refractivity contribution in [2.45, 2.75) is 38.8 Å². The van der Waals surface area contributed by atoms with Gasteiger partial charge in [-0.05, 0) is 24.5 Å². The summed E-state index contributed by atoms with van der Waals surface area (Å²) in [4.78, 5) is 27.9. The Bertz CT molecular complexity index is 1440. The van der Waals surface area contributed by atoms with Crippen LogP contribution >= 0.6 is 0 Å². The Balaban J connectivity index is 1.29. The number of methoxy groups -OCH3 is 1. The van der Waals surface area contributed by atoms with Crippen LogP contribution in [0, 0.1) is 0 Å². The maximum atomic E-state index is 13.8. The van der Waals surface area contributed by atoms with Crippen molar-refractivity contribution >= 4 is 17.5 Å². The molecular weight excluding hydrogens is 644 g/mol. The van der Waals surface area contributed by atoms with Crippen LogP contribution < -0.4 is 16.0 Å². The first-order chi connectivity index (χ1) is 24.6. The standard InChI is InChI=1S/C36H52N6O8/c1-45-20-21-49-26-23-47-18-15-38-33(43)12-6-7-13-34(44)41-28-29-8-2-3-9-30(29)36-35(31-10-4-5-11-32(31)41)39-40-42(36)16-19-48-24-27-50-25-22-46-17-14-37/h2-5,8-11H,6-7,12-28,37H2,1H3,(H,38,43). The van der Waals surface area contributed by atoms with Crippen molar-refractivity contribution in [3.05, 3.63) is 54.1 Å². The van der Waals surface area contributed by atoms with E-state index < -0.39 is 0 Å². The van der Waals surface area contributed by atoms with E-state index in [2.05, 4.69) is 15.6 Å². The lowest BCUT2D eigenvalue weighted by atomic mass is 9.95. The highest BCUT2D eigenvalue weighted by atomic mass is 16.5. The molecule has 0 bridgehead atoms. The van der Waals surface area contributed by atoms with Gasteiger partial charge in [-0.3, -0.25) is 9.59 Å². The first-order valence-electron chi connectivity index (χ1n) is 17.4. The van der Waals surface area contributed by atoms with E-state index in [1.165, 1.54) is 0 Å². The molecule has 2 amide bonds. The molecule has 0 spiro atoms. The first kappa shape index (κ1) is 39.0. The van der Waals surface area contributed by atoms with Gasteiger partial charge in [-0.25, -0.2) is 4.68 Å². The predicted molar refractivity (Wildman–Crippen MR) is 189 cm³/mol. The van der Waals surface area contributed by atoms with Crippen LogP contribution in [0.5, 0.6) is 0 Å². The summed E-state index contributed by atoms with van der Waals surface area (Å²) in [6.45, 7) is 7.18. The van der Waals surface area contributed by atoms with Crippen LogP contribution in [0.15, 0.2) is 48.5 Å². The number of hydrogen-bond donors (Lipinski definition) is 2. The summed E-state index contributed by atoms with van der Waals surface area (Å²) in [6, 6.07) is 15.9. The van der Waals surface area contributed by atoms with Gasteiger partial charge in [0.05, 0.1) is 97.1 Å². The number of nitrogens with two attached hydrogens (primary N) is 1. The molecule has 3 N–H and O–H groups in total. The molecule has 0 radical (unpaired) electrons. The molecule has 2 aromatic carbocycles. The van der Waals surface area contributed by atoms with Crippen LogP contribution in [0.3, 0.4) is 0 Å². The molecule has 0 atom stereocenters. The van der Waals surface area contributed by atoms with Crippen molar-refractivity contribution in [1.29, 1.82) is 0 Å². The Hall–Kier alpha value is -3.76. The van der Waals surface area contributed by atoms with E-state index in [1.807, 2.05) is 58.1 Å². The van der Waals surface area contributed by atoms with E-state index in [-0.39, 0.29) is 11.8 Å². The highest BCUT2D eigenvalue weighted by Crippen LogP contribution is 2.41. The Morgan fingerprint density at radius 1 is 0.760 bits per heavy atom. The van der Waals surface area contributed by atoms with E-state index in [9.17, 15) is 9.59 Å². The minimum absolute atomic E-state index is 0.00816. The molecule has 1 aliphatic heterocycles. The summed E-state index contributed by atoms with van der Waals surface area (Å²) in [5, 5.41) is 12.0. The summed E-state index contributed by atoms with van der Waals surface area (Å²) in [5.74, 6) is -0.0624. The SMILES string of the molecule is COCCOCCOCCNC(=O)CCCCC(=O)N1Cc2ccccc2-c2c(nnn2CCOCCOCCOCCN)-c2ccccc21. The molecular formula is C36H52N6O8. The third-order valence-electron chi connectivity index (χ3n) is 7.96. The van der Waals surface area contributed by atoms with Crippen molar-refractivity contribution in [1.82, 2.24) is 20.3 Å². The summed E-state index contributed by atoms with van der Waals surface area (Å²) in [7, 11) is 1.63. The molecule has 0 unspecified atom stereocenters. The number of hydrogen-bond acceptors (Lipinski definition) is 11. The summed E-state index contributed by atoms with van der Waals surface area (Å²) >= 11 is 0. The van der Waals surface area contributed by atoms with Gasteiger partial charge in [-0.1, -0.05) is 47.7 Å². The van der Waals surface area contributed by atoms with Crippen LogP contribution in [0.4, 0.5) is 5.69 Å². The van der Waals surface area contributed by atoms with Gasteiger partial charge in [0.2, 0.25) is 11.8 Å². The number of ether oxygens (including phenoxy) is 6. The molecule has 0 fully saturated rings. The van der Waals surface area contributed by atoms with Gasteiger partial charge in [0.15, 0.2) is 0 Å². The van der Waals surface area contributed by atoms with E-state index >= 15 is 0 Å². The number of anilines is 1. The van der Waals surface area contributed by atoms with Crippen LogP contribution in [0.2, 0.25) is 0 Å². The normalized spacial score (nSPS) is 12.2. The quantitative estimate of drug-likeness (QED) is 0.125. The van der Waals surface area contributed by atoms with Gasteiger partial charge in [-0.2, -0.15) is 0 Å². The van der Waals surface area contributed by atoms with E-state index in [4.69, 9.17) is 34.2 Å². The van der Waals surface area contributed by atoms with E-state index in [0.717, 1.165) is 28.1 Å². The minimum atomic E-state index is -0.0542. The van der Waals surface area contributed by atoms with E-state index in [1.54, 1.807) is 7.11 Å². The number of fused-ring (bicyclic) bond motifs is 5. The number of nitrogens with zero attached hydrogens (tertiary/aromatic N) is 4. The van der Waals surface area contributed by atoms with E-state index in [0.29, 0.717) is 130 Å². The fourth-order valence-electron chi connectivity index (χ4n) is 5.48. The van der Waals surface area contributed by atoms with Gasteiger partial charge < -0.3 is 44.4 Å². The molecule has 274 valence electrons. The first-order valence-corrected chi connectivity index (χ1v) is 17.4. The smallest absolute Gasteiger partial charge is 0.227 e. The van der Waals surface area contributed by atoms with Gasteiger partial charge in [0.1, 0.15) is 5.69 Å².